The molecular weight excluding hydrogens is 258 g/mol. The number of methoxy groups -OCH3 is 1. The molecule has 6 heteroatoms. The first kappa shape index (κ1) is 13.5. The van der Waals surface area contributed by atoms with Crippen molar-refractivity contribution in [1.82, 2.24) is 4.98 Å². The molecule has 2 aromatic rings. The van der Waals surface area contributed by atoms with Gasteiger partial charge in [0.25, 0.3) is 0 Å². The summed E-state index contributed by atoms with van der Waals surface area (Å²) in [5.41, 5.74) is 6.68. The van der Waals surface area contributed by atoms with Crippen LogP contribution in [0.15, 0.2) is 53.9 Å². The Morgan fingerprint density at radius 3 is 2.35 bits per heavy atom. The third-order valence-electron chi connectivity index (χ3n) is 2.53. The summed E-state index contributed by atoms with van der Waals surface area (Å²) in [7, 11) is 1.55. The summed E-state index contributed by atoms with van der Waals surface area (Å²) in [6.45, 7) is 0. The minimum absolute atomic E-state index is 0.106. The van der Waals surface area contributed by atoms with Gasteiger partial charge in [0.1, 0.15) is 5.75 Å². The molecule has 0 saturated heterocycles. The topological polar surface area (TPSA) is 86.8 Å². The first-order valence-corrected chi connectivity index (χ1v) is 5.80. The van der Waals surface area contributed by atoms with Crippen molar-refractivity contribution in [3.05, 3.63) is 59.9 Å². The van der Waals surface area contributed by atoms with Crippen LogP contribution in [0.2, 0.25) is 0 Å². The van der Waals surface area contributed by atoms with Crippen LogP contribution in [-0.4, -0.2) is 23.9 Å². The molecule has 0 spiro atoms. The number of amidine groups is 1. The number of nitrogens with two attached hydrogens (primary N) is 1. The Balaban J connectivity index is 2.04. The predicted molar refractivity (Wildman–Crippen MR) is 73.4 cm³/mol. The second kappa shape index (κ2) is 6.33. The normalized spacial score (nSPS) is 10.9. The highest BCUT2D eigenvalue weighted by Gasteiger charge is 2.08. The summed E-state index contributed by atoms with van der Waals surface area (Å²) < 4.78 is 5.00. The molecule has 0 unspecified atom stereocenters. The molecule has 1 aromatic heterocycles. The Hall–Kier alpha value is -2.89. The van der Waals surface area contributed by atoms with E-state index in [1.807, 2.05) is 0 Å². The molecule has 1 aromatic carbocycles. The molecule has 20 heavy (non-hydrogen) atoms. The monoisotopic (exact) mass is 271 g/mol. The number of carbonyl (C=O) groups excluding carboxylic acids is 1. The van der Waals surface area contributed by atoms with Crippen molar-refractivity contribution < 1.29 is 14.4 Å². The van der Waals surface area contributed by atoms with Gasteiger partial charge in [0.2, 0.25) is 0 Å². The van der Waals surface area contributed by atoms with Gasteiger partial charge in [-0.15, -0.1) is 0 Å². The number of aromatic nitrogens is 1. The van der Waals surface area contributed by atoms with E-state index in [0.717, 1.165) is 0 Å². The maximum atomic E-state index is 11.7. The third-order valence-corrected chi connectivity index (χ3v) is 2.53. The number of ether oxygens (including phenoxy) is 1. The Morgan fingerprint density at radius 2 is 1.75 bits per heavy atom. The lowest BCUT2D eigenvalue weighted by Gasteiger charge is -2.02. The van der Waals surface area contributed by atoms with Crippen molar-refractivity contribution in [2.75, 3.05) is 7.11 Å². The van der Waals surface area contributed by atoms with E-state index < -0.39 is 5.97 Å². The Kier molecular flexibility index (Phi) is 4.28. The molecule has 102 valence electrons. The average molecular weight is 271 g/mol. The molecule has 0 fully saturated rings. The van der Waals surface area contributed by atoms with Gasteiger partial charge < -0.3 is 15.3 Å². The summed E-state index contributed by atoms with van der Waals surface area (Å²) >= 11 is 0. The summed E-state index contributed by atoms with van der Waals surface area (Å²) in [5, 5.41) is 3.60. The highest BCUT2D eigenvalue weighted by molar-refractivity contribution is 5.98. The van der Waals surface area contributed by atoms with Crippen molar-refractivity contribution in [3.8, 4) is 5.75 Å². The van der Waals surface area contributed by atoms with Crippen LogP contribution in [0.3, 0.4) is 0 Å². The zero-order chi connectivity index (χ0) is 14.4. The van der Waals surface area contributed by atoms with Gasteiger partial charge in [-0.05, 0) is 36.4 Å². The van der Waals surface area contributed by atoms with Crippen molar-refractivity contribution in [2.24, 2.45) is 10.9 Å². The van der Waals surface area contributed by atoms with E-state index in [-0.39, 0.29) is 5.84 Å². The fourth-order valence-corrected chi connectivity index (χ4v) is 1.45. The van der Waals surface area contributed by atoms with Crippen molar-refractivity contribution >= 4 is 11.8 Å². The molecule has 1 heterocycles. The second-order valence-corrected chi connectivity index (χ2v) is 3.82. The van der Waals surface area contributed by atoms with Crippen molar-refractivity contribution in [3.63, 3.8) is 0 Å². The van der Waals surface area contributed by atoms with E-state index >= 15 is 0 Å². The molecule has 0 aliphatic rings. The minimum Gasteiger partial charge on any atom is -0.497 e. The van der Waals surface area contributed by atoms with E-state index in [0.29, 0.717) is 16.9 Å². The van der Waals surface area contributed by atoms with Gasteiger partial charge in [-0.1, -0.05) is 5.16 Å². The third kappa shape index (κ3) is 3.32. The average Bonchev–Trinajstić information content (AvgIpc) is 2.53. The summed E-state index contributed by atoms with van der Waals surface area (Å²) in [4.78, 5) is 20.4. The highest BCUT2D eigenvalue weighted by Crippen LogP contribution is 2.12. The van der Waals surface area contributed by atoms with Crippen LogP contribution in [0.25, 0.3) is 0 Å². The molecule has 0 aliphatic carbocycles. The quantitative estimate of drug-likeness (QED) is 0.395. The van der Waals surface area contributed by atoms with Crippen LogP contribution in [0.4, 0.5) is 0 Å². The lowest BCUT2D eigenvalue weighted by molar-refractivity contribution is 0.0516. The molecule has 0 amide bonds. The Labute approximate surface area is 115 Å². The van der Waals surface area contributed by atoms with E-state index in [1.165, 1.54) is 0 Å². The Morgan fingerprint density at radius 1 is 1.10 bits per heavy atom. The predicted octanol–water partition coefficient (Wildman–Crippen LogP) is 1.57. The van der Waals surface area contributed by atoms with Gasteiger partial charge in [-0.2, -0.15) is 0 Å². The number of hydrogen-bond acceptors (Lipinski definition) is 5. The largest absolute Gasteiger partial charge is 0.497 e. The fraction of sp³-hybridized carbons (Fsp3) is 0.0714. The molecule has 2 N–H and O–H groups in total. The first-order chi connectivity index (χ1) is 9.70. The number of carbonyl (C=O) groups is 1. The minimum atomic E-state index is -0.593. The smallest absolute Gasteiger partial charge is 0.365 e. The van der Waals surface area contributed by atoms with Gasteiger partial charge in [-0.3, -0.25) is 4.98 Å². The summed E-state index contributed by atoms with van der Waals surface area (Å²) in [6, 6.07) is 9.82. The van der Waals surface area contributed by atoms with Gasteiger partial charge in [-0.25, -0.2) is 4.79 Å². The molecule has 0 bridgehead atoms. The highest BCUT2D eigenvalue weighted by atomic mass is 16.7. The molecule has 0 atom stereocenters. The van der Waals surface area contributed by atoms with Gasteiger partial charge in [0.15, 0.2) is 5.84 Å². The summed E-state index contributed by atoms with van der Waals surface area (Å²) in [6.07, 6.45) is 3.14. The molecule has 0 saturated carbocycles. The molecular formula is C14H13N3O3. The van der Waals surface area contributed by atoms with E-state index in [4.69, 9.17) is 15.3 Å². The SMILES string of the molecule is COc1ccc(C(=O)O/N=C(\N)c2ccncc2)cc1. The number of pyridine rings is 1. The molecule has 0 aliphatic heterocycles. The van der Waals surface area contributed by atoms with Crippen molar-refractivity contribution in [2.45, 2.75) is 0 Å². The van der Waals surface area contributed by atoms with Crippen LogP contribution < -0.4 is 10.5 Å². The van der Waals surface area contributed by atoms with Crippen LogP contribution >= 0.6 is 0 Å². The second-order valence-electron chi connectivity index (χ2n) is 3.82. The van der Waals surface area contributed by atoms with Gasteiger partial charge in [0, 0.05) is 18.0 Å². The maximum absolute atomic E-state index is 11.7. The molecule has 2 rings (SSSR count). The van der Waals surface area contributed by atoms with Gasteiger partial charge in [0.05, 0.1) is 12.7 Å². The Bertz CT molecular complexity index is 609. The van der Waals surface area contributed by atoms with Crippen LogP contribution in [0, 0.1) is 0 Å². The fourth-order valence-electron chi connectivity index (χ4n) is 1.45. The zero-order valence-corrected chi connectivity index (χ0v) is 10.8. The number of nitrogens with zero attached hydrogens (tertiary/aromatic N) is 2. The molecule has 6 nitrogen and oxygen atoms in total. The standard InChI is InChI=1S/C14H13N3O3/c1-19-12-4-2-11(3-5-12)14(18)20-17-13(15)10-6-8-16-9-7-10/h2-9H,1H3,(H2,15,17). The van der Waals surface area contributed by atoms with Gasteiger partial charge >= 0.3 is 5.97 Å². The maximum Gasteiger partial charge on any atom is 0.365 e. The number of hydrogen-bond donors (Lipinski definition) is 1. The van der Waals surface area contributed by atoms with E-state index in [2.05, 4.69) is 10.1 Å². The van der Waals surface area contributed by atoms with Crippen LogP contribution in [-0.2, 0) is 4.84 Å². The number of benzene rings is 1. The van der Waals surface area contributed by atoms with Crippen LogP contribution in [0.5, 0.6) is 5.75 Å². The molecule has 0 radical (unpaired) electrons. The number of rotatable bonds is 4. The lowest BCUT2D eigenvalue weighted by atomic mass is 10.2. The lowest BCUT2D eigenvalue weighted by Crippen LogP contribution is -2.15. The zero-order valence-electron chi connectivity index (χ0n) is 10.8. The van der Waals surface area contributed by atoms with E-state index in [1.54, 1.807) is 55.9 Å². The first-order valence-electron chi connectivity index (χ1n) is 5.80. The number of oxime groups is 1. The van der Waals surface area contributed by atoms with Crippen molar-refractivity contribution in [1.29, 1.82) is 0 Å². The summed E-state index contributed by atoms with van der Waals surface area (Å²) in [5.74, 6) is 0.167. The van der Waals surface area contributed by atoms with Crippen LogP contribution in [0.1, 0.15) is 15.9 Å². The van der Waals surface area contributed by atoms with E-state index in [9.17, 15) is 4.79 Å².